The van der Waals surface area contributed by atoms with Gasteiger partial charge in [-0.15, -0.1) is 0 Å². The van der Waals surface area contributed by atoms with Crippen LogP contribution in [-0.2, 0) is 19.1 Å². The third kappa shape index (κ3) is 4.45. The molecule has 1 saturated heterocycles. The maximum absolute atomic E-state index is 11.5. The van der Waals surface area contributed by atoms with Crippen LogP contribution in [-0.4, -0.2) is 53.2 Å². The fraction of sp³-hybridized carbons (Fsp3) is 0.727. The van der Waals surface area contributed by atoms with Crippen LogP contribution in [0.5, 0.6) is 0 Å². The van der Waals surface area contributed by atoms with Gasteiger partial charge in [0.25, 0.3) is 0 Å². The Morgan fingerprint density at radius 1 is 1.50 bits per heavy atom. The lowest BCUT2D eigenvalue weighted by atomic mass is 10.2. The lowest BCUT2D eigenvalue weighted by Gasteiger charge is -2.24. The molecular formula is C11H17NO4S2. The van der Waals surface area contributed by atoms with Crippen molar-refractivity contribution in [1.29, 1.82) is 0 Å². The van der Waals surface area contributed by atoms with E-state index in [-0.39, 0.29) is 24.4 Å². The highest BCUT2D eigenvalue weighted by molar-refractivity contribution is 8.23. The molecule has 1 atom stereocenters. The van der Waals surface area contributed by atoms with Crippen molar-refractivity contribution in [2.45, 2.75) is 25.8 Å². The first-order chi connectivity index (χ1) is 8.58. The van der Waals surface area contributed by atoms with E-state index in [0.717, 1.165) is 10.1 Å². The third-order valence-corrected chi connectivity index (χ3v) is 4.19. The van der Waals surface area contributed by atoms with Crippen LogP contribution in [0.25, 0.3) is 0 Å². The van der Waals surface area contributed by atoms with Crippen LogP contribution in [0.4, 0.5) is 0 Å². The van der Waals surface area contributed by atoms with Crippen molar-refractivity contribution in [2.75, 3.05) is 26.0 Å². The summed E-state index contributed by atoms with van der Waals surface area (Å²) in [7, 11) is 1.36. The summed E-state index contributed by atoms with van der Waals surface area (Å²) in [6.07, 6.45) is 0.582. The first-order valence-electron chi connectivity index (χ1n) is 5.74. The Kier molecular flexibility index (Phi) is 6.42. The van der Waals surface area contributed by atoms with Crippen molar-refractivity contribution in [3.8, 4) is 0 Å². The van der Waals surface area contributed by atoms with Crippen molar-refractivity contribution >= 4 is 40.2 Å². The number of carbonyl (C=O) groups is 2. The topological polar surface area (TPSA) is 55.8 Å². The summed E-state index contributed by atoms with van der Waals surface area (Å²) in [4.78, 5) is 24.5. The molecule has 0 saturated carbocycles. The van der Waals surface area contributed by atoms with E-state index in [0.29, 0.717) is 19.6 Å². The van der Waals surface area contributed by atoms with Crippen LogP contribution >= 0.6 is 24.0 Å². The van der Waals surface area contributed by atoms with Gasteiger partial charge in [-0.2, -0.15) is 0 Å². The molecule has 0 N–H and O–H groups in total. The largest absolute Gasteiger partial charge is 0.469 e. The molecule has 0 aliphatic carbocycles. The molecule has 0 aromatic rings. The van der Waals surface area contributed by atoms with Gasteiger partial charge in [-0.1, -0.05) is 24.0 Å². The Morgan fingerprint density at radius 2 is 2.22 bits per heavy atom. The molecule has 5 nitrogen and oxygen atoms in total. The average Bonchev–Trinajstić information content (AvgIpc) is 2.67. The smallest absolute Gasteiger partial charge is 0.307 e. The second-order valence-electron chi connectivity index (χ2n) is 3.76. The van der Waals surface area contributed by atoms with Gasteiger partial charge in [-0.05, 0) is 6.92 Å². The second-order valence-corrected chi connectivity index (χ2v) is 5.41. The highest BCUT2D eigenvalue weighted by Gasteiger charge is 2.31. The molecule has 1 rings (SSSR count). The van der Waals surface area contributed by atoms with E-state index < -0.39 is 0 Å². The van der Waals surface area contributed by atoms with Gasteiger partial charge in [0.15, 0.2) is 0 Å². The highest BCUT2D eigenvalue weighted by Crippen LogP contribution is 2.26. The number of hydrogen-bond donors (Lipinski definition) is 0. The molecule has 18 heavy (non-hydrogen) atoms. The van der Waals surface area contributed by atoms with Crippen LogP contribution in [0.15, 0.2) is 0 Å². The molecule has 1 aliphatic heterocycles. The Morgan fingerprint density at radius 3 is 2.83 bits per heavy atom. The molecule has 1 aliphatic rings. The number of thiocarbonyl (C=S) groups is 1. The first kappa shape index (κ1) is 15.2. The molecule has 0 spiro atoms. The normalized spacial score (nSPS) is 18.9. The average molecular weight is 291 g/mol. The zero-order chi connectivity index (χ0) is 13.5. The minimum atomic E-state index is -0.274. The van der Waals surface area contributed by atoms with Gasteiger partial charge in [0.05, 0.1) is 32.6 Å². The monoisotopic (exact) mass is 291 g/mol. The molecule has 0 amide bonds. The van der Waals surface area contributed by atoms with Gasteiger partial charge < -0.3 is 14.4 Å². The van der Waals surface area contributed by atoms with E-state index in [1.54, 1.807) is 6.92 Å². The maximum Gasteiger partial charge on any atom is 0.307 e. The number of hydrogen-bond acceptors (Lipinski definition) is 6. The van der Waals surface area contributed by atoms with Gasteiger partial charge in [0, 0.05) is 12.3 Å². The molecule has 0 bridgehead atoms. The highest BCUT2D eigenvalue weighted by atomic mass is 32.2. The third-order valence-electron chi connectivity index (χ3n) is 2.57. The molecule has 0 aromatic carbocycles. The SMILES string of the molecule is CCOC(=O)CC1CSC(=S)N1CCC(=O)OC. The number of rotatable bonds is 6. The maximum atomic E-state index is 11.5. The molecule has 0 aromatic heterocycles. The number of methoxy groups -OCH3 is 1. The predicted molar refractivity (Wildman–Crippen MR) is 73.4 cm³/mol. The van der Waals surface area contributed by atoms with Crippen molar-refractivity contribution in [1.82, 2.24) is 4.90 Å². The first-order valence-corrected chi connectivity index (χ1v) is 7.13. The standard InChI is InChI=1S/C11H17NO4S2/c1-3-16-10(14)6-8-7-18-11(17)12(8)5-4-9(13)15-2/h8H,3-7H2,1-2H3. The van der Waals surface area contributed by atoms with E-state index >= 15 is 0 Å². The molecular weight excluding hydrogens is 274 g/mol. The number of nitrogens with zero attached hydrogens (tertiary/aromatic N) is 1. The second kappa shape index (κ2) is 7.58. The Labute approximate surface area is 116 Å². The molecule has 102 valence electrons. The number of carbonyl (C=O) groups excluding carboxylic acids is 2. The fourth-order valence-electron chi connectivity index (χ4n) is 1.66. The number of esters is 2. The van der Waals surface area contributed by atoms with Gasteiger partial charge in [-0.3, -0.25) is 9.59 Å². The molecule has 1 heterocycles. The predicted octanol–water partition coefficient (Wildman–Crippen LogP) is 1.21. The summed E-state index contributed by atoms with van der Waals surface area (Å²) < 4.78 is 10.2. The zero-order valence-corrected chi connectivity index (χ0v) is 12.1. The zero-order valence-electron chi connectivity index (χ0n) is 10.5. The van der Waals surface area contributed by atoms with Crippen molar-refractivity contribution in [3.05, 3.63) is 0 Å². The van der Waals surface area contributed by atoms with Crippen LogP contribution in [0, 0.1) is 0 Å². The summed E-state index contributed by atoms with van der Waals surface area (Å²) in [5.41, 5.74) is 0. The summed E-state index contributed by atoms with van der Waals surface area (Å²) >= 11 is 6.74. The summed E-state index contributed by atoms with van der Waals surface area (Å²) in [5.74, 6) is 0.263. The van der Waals surface area contributed by atoms with E-state index in [1.807, 2.05) is 4.90 Å². The van der Waals surface area contributed by atoms with Crippen LogP contribution in [0.1, 0.15) is 19.8 Å². The Hall–Kier alpha value is -0.820. The number of thioether (sulfide) groups is 1. The summed E-state index contributed by atoms with van der Waals surface area (Å²) in [5, 5.41) is 0. The number of ether oxygens (including phenoxy) is 2. The van der Waals surface area contributed by atoms with Gasteiger partial charge in [0.2, 0.25) is 0 Å². The van der Waals surface area contributed by atoms with Crippen LogP contribution in [0.2, 0.25) is 0 Å². The van der Waals surface area contributed by atoms with Crippen molar-refractivity contribution < 1.29 is 19.1 Å². The molecule has 1 unspecified atom stereocenters. The Bertz CT molecular complexity index is 335. The summed E-state index contributed by atoms with van der Waals surface area (Å²) in [6.45, 7) is 2.65. The van der Waals surface area contributed by atoms with E-state index in [9.17, 15) is 9.59 Å². The van der Waals surface area contributed by atoms with E-state index in [2.05, 4.69) is 4.74 Å². The van der Waals surface area contributed by atoms with Gasteiger partial charge >= 0.3 is 11.9 Å². The molecule has 0 radical (unpaired) electrons. The quantitative estimate of drug-likeness (QED) is 0.538. The molecule has 7 heteroatoms. The van der Waals surface area contributed by atoms with Gasteiger partial charge in [0.1, 0.15) is 4.32 Å². The minimum Gasteiger partial charge on any atom is -0.469 e. The minimum absolute atomic E-state index is 0.0196. The molecule has 1 fully saturated rings. The van der Waals surface area contributed by atoms with E-state index in [1.165, 1.54) is 18.9 Å². The van der Waals surface area contributed by atoms with Crippen LogP contribution in [0.3, 0.4) is 0 Å². The fourth-order valence-corrected chi connectivity index (χ4v) is 3.14. The lowest BCUT2D eigenvalue weighted by molar-refractivity contribution is -0.143. The Balaban J connectivity index is 2.48. The van der Waals surface area contributed by atoms with Gasteiger partial charge in [-0.25, -0.2) is 0 Å². The summed E-state index contributed by atoms with van der Waals surface area (Å²) in [6, 6.07) is 0.0196. The van der Waals surface area contributed by atoms with Crippen molar-refractivity contribution in [2.24, 2.45) is 0 Å². The van der Waals surface area contributed by atoms with Crippen LogP contribution < -0.4 is 0 Å². The lowest BCUT2D eigenvalue weighted by Crippen LogP contribution is -2.36. The van der Waals surface area contributed by atoms with Crippen molar-refractivity contribution in [3.63, 3.8) is 0 Å². The van der Waals surface area contributed by atoms with E-state index in [4.69, 9.17) is 17.0 Å².